The lowest BCUT2D eigenvalue weighted by Gasteiger charge is -2.14. The standard InChI is InChI=1S/C12H10N4O2/c1-8(9-3-2-4-14-6-9)16-7-10(5-13)11(17)15-12(16)18/h2-4,6-8H,1H3,(H,15,17,18). The van der Waals surface area contributed by atoms with Crippen LogP contribution in [0.3, 0.4) is 0 Å². The molecule has 0 radical (unpaired) electrons. The zero-order chi connectivity index (χ0) is 13.1. The monoisotopic (exact) mass is 242 g/mol. The topological polar surface area (TPSA) is 91.5 Å². The average Bonchev–Trinajstić information content (AvgIpc) is 2.39. The van der Waals surface area contributed by atoms with Crippen LogP contribution in [0, 0.1) is 11.3 Å². The highest BCUT2D eigenvalue weighted by Gasteiger charge is 2.12. The number of aromatic amines is 1. The largest absolute Gasteiger partial charge is 0.328 e. The maximum atomic E-state index is 11.7. The van der Waals surface area contributed by atoms with Gasteiger partial charge in [-0.25, -0.2) is 4.79 Å². The summed E-state index contributed by atoms with van der Waals surface area (Å²) in [7, 11) is 0. The molecule has 0 saturated heterocycles. The van der Waals surface area contributed by atoms with Gasteiger partial charge in [-0.1, -0.05) is 6.07 Å². The molecule has 18 heavy (non-hydrogen) atoms. The quantitative estimate of drug-likeness (QED) is 0.825. The predicted octanol–water partition coefficient (Wildman–Crippen LogP) is 0.413. The molecule has 0 aliphatic carbocycles. The van der Waals surface area contributed by atoms with Gasteiger partial charge in [0.1, 0.15) is 11.6 Å². The summed E-state index contributed by atoms with van der Waals surface area (Å²) in [6.07, 6.45) is 4.53. The van der Waals surface area contributed by atoms with Crippen LogP contribution in [-0.4, -0.2) is 14.5 Å². The molecule has 2 aromatic rings. The molecule has 6 nitrogen and oxygen atoms in total. The molecular formula is C12H10N4O2. The zero-order valence-electron chi connectivity index (χ0n) is 9.62. The van der Waals surface area contributed by atoms with Crippen molar-refractivity contribution in [1.82, 2.24) is 14.5 Å². The third kappa shape index (κ3) is 2.06. The zero-order valence-corrected chi connectivity index (χ0v) is 9.62. The van der Waals surface area contributed by atoms with E-state index in [0.29, 0.717) is 0 Å². The second-order valence-corrected chi connectivity index (χ2v) is 3.78. The Morgan fingerprint density at radius 2 is 2.28 bits per heavy atom. The van der Waals surface area contributed by atoms with Crippen LogP contribution < -0.4 is 11.2 Å². The molecule has 2 rings (SSSR count). The average molecular weight is 242 g/mol. The molecule has 0 aromatic carbocycles. The van der Waals surface area contributed by atoms with Gasteiger partial charge in [-0.2, -0.15) is 5.26 Å². The molecule has 0 amide bonds. The van der Waals surface area contributed by atoms with Crippen LogP contribution in [0.15, 0.2) is 40.3 Å². The van der Waals surface area contributed by atoms with Gasteiger partial charge in [0.15, 0.2) is 0 Å². The summed E-state index contributed by atoms with van der Waals surface area (Å²) in [5.74, 6) is 0. The fourth-order valence-electron chi connectivity index (χ4n) is 1.64. The fraction of sp³-hybridized carbons (Fsp3) is 0.167. The van der Waals surface area contributed by atoms with Crippen molar-refractivity contribution in [3.63, 3.8) is 0 Å². The van der Waals surface area contributed by atoms with Gasteiger partial charge in [0.2, 0.25) is 0 Å². The first-order chi connectivity index (χ1) is 8.63. The number of nitriles is 1. The molecule has 0 fully saturated rings. The minimum absolute atomic E-state index is 0.0923. The van der Waals surface area contributed by atoms with Gasteiger partial charge in [-0.15, -0.1) is 0 Å². The molecule has 1 atom stereocenters. The minimum Gasteiger partial charge on any atom is -0.292 e. The van der Waals surface area contributed by atoms with Crippen molar-refractivity contribution in [3.05, 3.63) is 62.7 Å². The first-order valence-corrected chi connectivity index (χ1v) is 5.29. The van der Waals surface area contributed by atoms with Crippen molar-refractivity contribution >= 4 is 0 Å². The van der Waals surface area contributed by atoms with Gasteiger partial charge in [0.25, 0.3) is 5.56 Å². The molecule has 0 saturated carbocycles. The smallest absolute Gasteiger partial charge is 0.292 e. The minimum atomic E-state index is -0.669. The van der Waals surface area contributed by atoms with E-state index in [-0.39, 0.29) is 11.6 Å². The maximum Gasteiger partial charge on any atom is 0.328 e. The highest BCUT2D eigenvalue weighted by atomic mass is 16.2. The summed E-state index contributed by atoms with van der Waals surface area (Å²) in [6, 6.07) is 5.02. The Morgan fingerprint density at radius 3 is 2.89 bits per heavy atom. The first kappa shape index (κ1) is 11.8. The normalized spacial score (nSPS) is 11.8. The van der Waals surface area contributed by atoms with Crippen molar-refractivity contribution in [3.8, 4) is 6.07 Å². The SMILES string of the molecule is CC(c1cccnc1)n1cc(C#N)c(=O)[nH]c1=O. The second-order valence-electron chi connectivity index (χ2n) is 3.78. The summed E-state index contributed by atoms with van der Waals surface area (Å²) in [5.41, 5.74) is -0.492. The summed E-state index contributed by atoms with van der Waals surface area (Å²) in [5, 5.41) is 8.79. The van der Waals surface area contributed by atoms with E-state index in [0.717, 1.165) is 5.56 Å². The number of hydrogen-bond donors (Lipinski definition) is 1. The number of nitrogens with zero attached hydrogens (tertiary/aromatic N) is 3. The van der Waals surface area contributed by atoms with Crippen molar-refractivity contribution < 1.29 is 0 Å². The van der Waals surface area contributed by atoms with Crippen molar-refractivity contribution in [2.75, 3.05) is 0 Å². The number of pyridine rings is 1. The number of rotatable bonds is 2. The Balaban J connectivity index is 2.56. The molecular weight excluding hydrogens is 232 g/mol. The summed E-state index contributed by atoms with van der Waals surface area (Å²) < 4.78 is 1.30. The number of H-pyrrole nitrogens is 1. The Hall–Kier alpha value is -2.68. The lowest BCUT2D eigenvalue weighted by molar-refractivity contribution is 0.591. The number of aromatic nitrogens is 3. The van der Waals surface area contributed by atoms with E-state index in [4.69, 9.17) is 5.26 Å². The Kier molecular flexibility index (Phi) is 3.06. The van der Waals surface area contributed by atoms with Gasteiger partial charge in [-0.05, 0) is 18.6 Å². The lowest BCUT2D eigenvalue weighted by Crippen LogP contribution is -2.33. The van der Waals surface area contributed by atoms with E-state index in [1.165, 1.54) is 10.8 Å². The van der Waals surface area contributed by atoms with Crippen molar-refractivity contribution in [2.24, 2.45) is 0 Å². The molecule has 0 spiro atoms. The third-order valence-electron chi connectivity index (χ3n) is 2.67. The fourth-order valence-corrected chi connectivity index (χ4v) is 1.64. The highest BCUT2D eigenvalue weighted by molar-refractivity contribution is 5.23. The molecule has 1 N–H and O–H groups in total. The molecule has 90 valence electrons. The van der Waals surface area contributed by atoms with Crippen LogP contribution in [0.25, 0.3) is 0 Å². The van der Waals surface area contributed by atoms with Gasteiger partial charge in [0.05, 0.1) is 6.04 Å². The molecule has 2 aromatic heterocycles. The number of hydrogen-bond acceptors (Lipinski definition) is 4. The predicted molar refractivity (Wildman–Crippen MR) is 64.1 cm³/mol. The summed E-state index contributed by atoms with van der Waals surface area (Å²) in [4.78, 5) is 29.1. The second kappa shape index (κ2) is 4.67. The Morgan fingerprint density at radius 1 is 1.50 bits per heavy atom. The molecule has 2 heterocycles. The van der Waals surface area contributed by atoms with Crippen molar-refractivity contribution in [1.29, 1.82) is 5.26 Å². The molecule has 0 aliphatic heterocycles. The maximum absolute atomic E-state index is 11.7. The van der Waals surface area contributed by atoms with Gasteiger partial charge in [0, 0.05) is 18.6 Å². The van der Waals surface area contributed by atoms with Crippen LogP contribution in [-0.2, 0) is 0 Å². The van der Waals surface area contributed by atoms with E-state index in [1.54, 1.807) is 31.5 Å². The van der Waals surface area contributed by atoms with E-state index in [1.807, 2.05) is 6.07 Å². The lowest BCUT2D eigenvalue weighted by atomic mass is 10.1. The van der Waals surface area contributed by atoms with Gasteiger partial charge >= 0.3 is 5.69 Å². The summed E-state index contributed by atoms with van der Waals surface area (Å²) >= 11 is 0. The van der Waals surface area contributed by atoms with Crippen LogP contribution in [0.2, 0.25) is 0 Å². The molecule has 0 bridgehead atoms. The molecule has 0 aliphatic rings. The van der Waals surface area contributed by atoms with Crippen LogP contribution in [0.1, 0.15) is 24.1 Å². The van der Waals surface area contributed by atoms with Crippen molar-refractivity contribution in [2.45, 2.75) is 13.0 Å². The highest BCUT2D eigenvalue weighted by Crippen LogP contribution is 2.13. The number of nitrogens with one attached hydrogen (secondary N) is 1. The van der Waals surface area contributed by atoms with E-state index in [9.17, 15) is 9.59 Å². The van der Waals surface area contributed by atoms with Gasteiger partial charge in [-0.3, -0.25) is 19.3 Å². The summed E-state index contributed by atoms with van der Waals surface area (Å²) in [6.45, 7) is 1.79. The Labute approximate surface area is 102 Å². The van der Waals surface area contributed by atoms with Crippen LogP contribution in [0.5, 0.6) is 0 Å². The van der Waals surface area contributed by atoms with Crippen LogP contribution >= 0.6 is 0 Å². The van der Waals surface area contributed by atoms with E-state index in [2.05, 4.69) is 9.97 Å². The molecule has 6 heteroatoms. The van der Waals surface area contributed by atoms with E-state index < -0.39 is 11.2 Å². The van der Waals surface area contributed by atoms with E-state index >= 15 is 0 Å². The van der Waals surface area contributed by atoms with Gasteiger partial charge < -0.3 is 0 Å². The molecule has 1 unspecified atom stereocenters. The Bertz CT molecular complexity index is 709. The third-order valence-corrected chi connectivity index (χ3v) is 2.67. The van der Waals surface area contributed by atoms with Crippen LogP contribution in [0.4, 0.5) is 0 Å². The first-order valence-electron chi connectivity index (χ1n) is 5.29.